The Morgan fingerprint density at radius 3 is 2.71 bits per heavy atom. The van der Waals surface area contributed by atoms with Crippen molar-refractivity contribution in [2.24, 2.45) is 0 Å². The van der Waals surface area contributed by atoms with Crippen molar-refractivity contribution in [3.05, 3.63) is 34.1 Å². The highest BCUT2D eigenvalue weighted by molar-refractivity contribution is 5.81. The molecule has 1 amide bonds. The first-order valence-electron chi connectivity index (χ1n) is 6.59. The van der Waals surface area contributed by atoms with E-state index in [-0.39, 0.29) is 17.3 Å². The molecule has 1 heterocycles. The second-order valence-corrected chi connectivity index (χ2v) is 4.71. The van der Waals surface area contributed by atoms with Crippen LogP contribution in [0.4, 0.5) is 10.1 Å². The van der Waals surface area contributed by atoms with Crippen LogP contribution in [0.15, 0.2) is 18.2 Å². The molecule has 1 aromatic rings. The summed E-state index contributed by atoms with van der Waals surface area (Å²) in [4.78, 5) is 23.6. The van der Waals surface area contributed by atoms with Crippen molar-refractivity contribution in [3.8, 4) is 5.75 Å². The highest BCUT2D eigenvalue weighted by atomic mass is 19.1. The molecule has 1 fully saturated rings. The summed E-state index contributed by atoms with van der Waals surface area (Å²) in [5.74, 6) is -1.25. The monoisotopic (exact) mass is 297 g/mol. The lowest BCUT2D eigenvalue weighted by molar-refractivity contribution is -0.385. The average Bonchev–Trinajstić information content (AvgIpc) is 2.49. The van der Waals surface area contributed by atoms with E-state index in [0.29, 0.717) is 26.2 Å². The van der Waals surface area contributed by atoms with Crippen molar-refractivity contribution >= 4 is 11.6 Å². The number of piperazine rings is 1. The number of nitro benzene ring substituents is 1. The summed E-state index contributed by atoms with van der Waals surface area (Å²) < 4.78 is 19.0. The van der Waals surface area contributed by atoms with Gasteiger partial charge in [-0.2, -0.15) is 0 Å². The van der Waals surface area contributed by atoms with Crippen molar-refractivity contribution in [1.29, 1.82) is 0 Å². The number of hydrogen-bond acceptors (Lipinski definition) is 5. The van der Waals surface area contributed by atoms with Gasteiger partial charge in [0.1, 0.15) is 0 Å². The average molecular weight is 297 g/mol. The molecule has 2 rings (SSSR count). The SMILES string of the molecule is CC(Oc1ccc([N+](=O)[O-])cc1F)C(=O)N1CCNCC1. The van der Waals surface area contributed by atoms with Gasteiger partial charge >= 0.3 is 0 Å². The third-order valence-corrected chi connectivity index (χ3v) is 3.21. The molecular weight excluding hydrogens is 281 g/mol. The van der Waals surface area contributed by atoms with E-state index in [9.17, 15) is 19.3 Å². The molecule has 0 aliphatic carbocycles. The Hall–Kier alpha value is -2.22. The van der Waals surface area contributed by atoms with Crippen LogP contribution in [0.5, 0.6) is 5.75 Å². The second-order valence-electron chi connectivity index (χ2n) is 4.71. The summed E-state index contributed by atoms with van der Waals surface area (Å²) in [5.41, 5.74) is -0.360. The Kier molecular flexibility index (Phi) is 4.69. The maximum atomic E-state index is 13.7. The van der Waals surface area contributed by atoms with Crippen LogP contribution in [-0.2, 0) is 4.79 Å². The summed E-state index contributed by atoms with van der Waals surface area (Å²) in [5, 5.41) is 13.7. The Morgan fingerprint density at radius 2 is 2.14 bits per heavy atom. The van der Waals surface area contributed by atoms with Gasteiger partial charge in [0, 0.05) is 32.2 Å². The van der Waals surface area contributed by atoms with Crippen molar-refractivity contribution < 1.29 is 18.8 Å². The lowest BCUT2D eigenvalue weighted by Gasteiger charge is -2.29. The van der Waals surface area contributed by atoms with Gasteiger partial charge in [-0.25, -0.2) is 4.39 Å². The molecule has 8 heteroatoms. The van der Waals surface area contributed by atoms with Crippen molar-refractivity contribution in [2.45, 2.75) is 13.0 Å². The van der Waals surface area contributed by atoms with Crippen LogP contribution < -0.4 is 10.1 Å². The van der Waals surface area contributed by atoms with E-state index < -0.39 is 16.8 Å². The van der Waals surface area contributed by atoms with Gasteiger partial charge in [0.15, 0.2) is 17.7 Å². The topological polar surface area (TPSA) is 84.7 Å². The van der Waals surface area contributed by atoms with E-state index in [0.717, 1.165) is 18.2 Å². The zero-order chi connectivity index (χ0) is 15.4. The van der Waals surface area contributed by atoms with Gasteiger partial charge < -0.3 is 15.0 Å². The molecule has 21 heavy (non-hydrogen) atoms. The van der Waals surface area contributed by atoms with Crippen LogP contribution in [0.1, 0.15) is 6.92 Å². The molecular formula is C13H16FN3O4. The molecule has 0 spiro atoms. The smallest absolute Gasteiger partial charge is 0.272 e. The number of non-ortho nitro benzene ring substituents is 1. The molecule has 1 N–H and O–H groups in total. The van der Waals surface area contributed by atoms with Gasteiger partial charge in [-0.1, -0.05) is 0 Å². The molecule has 1 saturated heterocycles. The molecule has 114 valence electrons. The van der Waals surface area contributed by atoms with Gasteiger partial charge in [-0.05, 0) is 13.0 Å². The number of carbonyl (C=O) groups excluding carboxylic acids is 1. The van der Waals surface area contributed by atoms with E-state index in [2.05, 4.69) is 5.32 Å². The second kappa shape index (κ2) is 6.49. The Balaban J connectivity index is 2.03. The van der Waals surface area contributed by atoms with Crippen LogP contribution in [0, 0.1) is 15.9 Å². The van der Waals surface area contributed by atoms with E-state index in [1.54, 1.807) is 4.90 Å². The normalized spacial score (nSPS) is 16.4. The fraction of sp³-hybridized carbons (Fsp3) is 0.462. The third-order valence-electron chi connectivity index (χ3n) is 3.21. The number of rotatable bonds is 4. The minimum atomic E-state index is -0.857. The van der Waals surface area contributed by atoms with Crippen LogP contribution >= 0.6 is 0 Å². The number of nitrogens with zero attached hydrogens (tertiary/aromatic N) is 2. The standard InChI is InChI=1S/C13H16FN3O4/c1-9(13(18)16-6-4-15-5-7-16)21-12-3-2-10(17(19)20)8-11(12)14/h2-3,8-9,15H,4-7H2,1H3. The van der Waals surface area contributed by atoms with Crippen LogP contribution in [0.25, 0.3) is 0 Å². The predicted molar refractivity (Wildman–Crippen MR) is 72.6 cm³/mol. The Morgan fingerprint density at radius 1 is 1.48 bits per heavy atom. The van der Waals surface area contributed by atoms with E-state index >= 15 is 0 Å². The molecule has 1 aliphatic heterocycles. The molecule has 0 bridgehead atoms. The maximum Gasteiger partial charge on any atom is 0.272 e. The summed E-state index contributed by atoms with van der Waals surface area (Å²) in [6.45, 7) is 4.12. The number of carbonyl (C=O) groups is 1. The molecule has 0 saturated carbocycles. The number of nitro groups is 1. The molecule has 1 atom stereocenters. The van der Waals surface area contributed by atoms with Crippen molar-refractivity contribution in [3.63, 3.8) is 0 Å². The third kappa shape index (κ3) is 3.66. The van der Waals surface area contributed by atoms with Gasteiger partial charge in [0.25, 0.3) is 11.6 Å². The minimum absolute atomic E-state index is 0.170. The minimum Gasteiger partial charge on any atom is -0.478 e. The lowest BCUT2D eigenvalue weighted by Crippen LogP contribution is -2.50. The van der Waals surface area contributed by atoms with Gasteiger partial charge in [0.2, 0.25) is 0 Å². The number of amides is 1. The van der Waals surface area contributed by atoms with Crippen molar-refractivity contribution in [2.75, 3.05) is 26.2 Å². The number of hydrogen-bond donors (Lipinski definition) is 1. The fourth-order valence-corrected chi connectivity index (χ4v) is 2.08. The van der Waals surface area contributed by atoms with Gasteiger partial charge in [-0.15, -0.1) is 0 Å². The summed E-state index contributed by atoms with van der Waals surface area (Å²) in [6, 6.07) is 3.08. The van der Waals surface area contributed by atoms with Crippen LogP contribution in [-0.4, -0.2) is 48.0 Å². The van der Waals surface area contributed by atoms with Gasteiger partial charge in [0.05, 0.1) is 11.0 Å². The number of ether oxygens (including phenoxy) is 1. The van der Waals surface area contributed by atoms with Crippen LogP contribution in [0.3, 0.4) is 0 Å². The molecule has 7 nitrogen and oxygen atoms in total. The fourth-order valence-electron chi connectivity index (χ4n) is 2.08. The molecule has 0 radical (unpaired) electrons. The summed E-state index contributed by atoms with van der Waals surface area (Å²) >= 11 is 0. The number of benzene rings is 1. The first-order chi connectivity index (χ1) is 9.99. The lowest BCUT2D eigenvalue weighted by atomic mass is 10.2. The first kappa shape index (κ1) is 15.2. The molecule has 1 unspecified atom stereocenters. The zero-order valence-corrected chi connectivity index (χ0v) is 11.5. The largest absolute Gasteiger partial charge is 0.478 e. The number of halogens is 1. The highest BCUT2D eigenvalue weighted by Crippen LogP contribution is 2.23. The van der Waals surface area contributed by atoms with Gasteiger partial charge in [-0.3, -0.25) is 14.9 Å². The first-order valence-corrected chi connectivity index (χ1v) is 6.59. The number of nitrogens with one attached hydrogen (secondary N) is 1. The maximum absolute atomic E-state index is 13.7. The van der Waals surface area contributed by atoms with E-state index in [1.165, 1.54) is 6.92 Å². The summed E-state index contributed by atoms with van der Waals surface area (Å²) in [6.07, 6.45) is -0.848. The Bertz CT molecular complexity index is 546. The summed E-state index contributed by atoms with van der Waals surface area (Å²) in [7, 11) is 0. The predicted octanol–water partition coefficient (Wildman–Crippen LogP) is 0.933. The highest BCUT2D eigenvalue weighted by Gasteiger charge is 2.24. The zero-order valence-electron chi connectivity index (χ0n) is 11.5. The molecule has 1 aliphatic rings. The molecule has 1 aromatic carbocycles. The van der Waals surface area contributed by atoms with E-state index in [1.807, 2.05) is 0 Å². The van der Waals surface area contributed by atoms with Crippen molar-refractivity contribution in [1.82, 2.24) is 10.2 Å². The van der Waals surface area contributed by atoms with Crippen LogP contribution in [0.2, 0.25) is 0 Å². The van der Waals surface area contributed by atoms with E-state index in [4.69, 9.17) is 4.74 Å². The molecule has 0 aromatic heterocycles. The Labute approximate surface area is 120 Å². The quantitative estimate of drug-likeness (QED) is 0.660.